The fraction of sp³-hybridized carbons (Fsp3) is 0.200. The monoisotopic (exact) mass is 203 g/mol. The van der Waals surface area contributed by atoms with Gasteiger partial charge in [0.1, 0.15) is 4.60 Å². The normalized spacial score (nSPS) is 9.80. The van der Waals surface area contributed by atoms with Crippen molar-refractivity contribution < 1.29 is 4.79 Å². The van der Waals surface area contributed by atoms with E-state index in [9.17, 15) is 4.79 Å². The quantitative estimate of drug-likeness (QED) is 0.714. The minimum Gasteiger partial charge on any atom is -0.363 e. The van der Waals surface area contributed by atoms with Gasteiger partial charge in [-0.05, 0) is 15.9 Å². The molecule has 2 N–H and O–H groups in total. The molecule has 5 heteroatoms. The van der Waals surface area contributed by atoms with Crippen LogP contribution in [0.25, 0.3) is 0 Å². The Morgan fingerprint density at radius 3 is 2.70 bits per heavy atom. The largest absolute Gasteiger partial charge is 0.363 e. The second-order valence-electron chi connectivity index (χ2n) is 1.86. The van der Waals surface area contributed by atoms with Crippen LogP contribution in [0.3, 0.4) is 0 Å². The number of hydrogen-bond donors (Lipinski definition) is 1. The number of primary amides is 1. The lowest BCUT2D eigenvalue weighted by Crippen LogP contribution is -2.16. The SMILES string of the molecule is Cn1cc(Br)nc1C(N)=O. The molecule has 1 aromatic heterocycles. The third kappa shape index (κ3) is 1.18. The zero-order valence-corrected chi connectivity index (χ0v) is 6.92. The number of aryl methyl sites for hydroxylation is 1. The Morgan fingerprint density at radius 2 is 2.50 bits per heavy atom. The van der Waals surface area contributed by atoms with Gasteiger partial charge in [0.25, 0.3) is 5.91 Å². The molecule has 1 aromatic rings. The van der Waals surface area contributed by atoms with E-state index in [2.05, 4.69) is 20.9 Å². The van der Waals surface area contributed by atoms with Crippen molar-refractivity contribution >= 4 is 21.8 Å². The van der Waals surface area contributed by atoms with Crippen molar-refractivity contribution in [1.29, 1.82) is 0 Å². The Kier molecular flexibility index (Phi) is 1.76. The van der Waals surface area contributed by atoms with Gasteiger partial charge in [0.15, 0.2) is 5.82 Å². The highest BCUT2D eigenvalue weighted by Gasteiger charge is 2.07. The van der Waals surface area contributed by atoms with E-state index in [-0.39, 0.29) is 5.82 Å². The number of amides is 1. The number of rotatable bonds is 1. The van der Waals surface area contributed by atoms with Crippen LogP contribution in [-0.2, 0) is 7.05 Å². The fourth-order valence-corrected chi connectivity index (χ4v) is 1.13. The Labute approximate surface area is 66.2 Å². The Morgan fingerprint density at radius 1 is 1.90 bits per heavy atom. The second kappa shape index (κ2) is 2.42. The molecule has 0 spiro atoms. The van der Waals surface area contributed by atoms with E-state index in [1.807, 2.05) is 0 Å². The zero-order valence-electron chi connectivity index (χ0n) is 5.34. The van der Waals surface area contributed by atoms with Crippen molar-refractivity contribution in [3.63, 3.8) is 0 Å². The highest BCUT2D eigenvalue weighted by atomic mass is 79.9. The molecule has 0 fully saturated rings. The molecule has 0 unspecified atom stereocenters. The molecule has 0 aliphatic rings. The van der Waals surface area contributed by atoms with Crippen LogP contribution in [0.15, 0.2) is 10.8 Å². The van der Waals surface area contributed by atoms with Gasteiger partial charge in [-0.3, -0.25) is 4.79 Å². The van der Waals surface area contributed by atoms with E-state index in [1.54, 1.807) is 17.8 Å². The van der Waals surface area contributed by atoms with Crippen LogP contribution in [0, 0.1) is 0 Å². The number of imidazole rings is 1. The number of carbonyl (C=O) groups excluding carboxylic acids is 1. The number of aromatic nitrogens is 2. The summed E-state index contributed by atoms with van der Waals surface area (Å²) >= 11 is 3.11. The molecule has 0 aliphatic heterocycles. The summed E-state index contributed by atoms with van der Waals surface area (Å²) in [4.78, 5) is 14.4. The van der Waals surface area contributed by atoms with Crippen LogP contribution in [0.2, 0.25) is 0 Å². The third-order valence-corrected chi connectivity index (χ3v) is 1.45. The molecule has 0 aliphatic carbocycles. The maximum absolute atomic E-state index is 10.6. The lowest BCUT2D eigenvalue weighted by atomic mass is 10.6. The van der Waals surface area contributed by atoms with Crippen molar-refractivity contribution in [2.75, 3.05) is 0 Å². The van der Waals surface area contributed by atoms with Crippen molar-refractivity contribution in [3.8, 4) is 0 Å². The van der Waals surface area contributed by atoms with E-state index < -0.39 is 5.91 Å². The third-order valence-electron chi connectivity index (χ3n) is 1.07. The van der Waals surface area contributed by atoms with Gasteiger partial charge in [-0.1, -0.05) is 0 Å². The van der Waals surface area contributed by atoms with Gasteiger partial charge in [0.05, 0.1) is 0 Å². The highest BCUT2D eigenvalue weighted by molar-refractivity contribution is 9.10. The summed E-state index contributed by atoms with van der Waals surface area (Å²) < 4.78 is 2.18. The lowest BCUT2D eigenvalue weighted by molar-refractivity contribution is 0.0987. The predicted octanol–water partition coefficient (Wildman–Crippen LogP) is 0.282. The van der Waals surface area contributed by atoms with Gasteiger partial charge in [-0.2, -0.15) is 0 Å². The van der Waals surface area contributed by atoms with E-state index in [0.29, 0.717) is 4.60 Å². The molecular weight excluding hydrogens is 198 g/mol. The van der Waals surface area contributed by atoms with Crippen molar-refractivity contribution in [1.82, 2.24) is 9.55 Å². The number of nitrogens with two attached hydrogens (primary N) is 1. The van der Waals surface area contributed by atoms with E-state index in [0.717, 1.165) is 0 Å². The molecule has 0 saturated carbocycles. The molecule has 0 saturated heterocycles. The fourth-order valence-electron chi connectivity index (χ4n) is 0.659. The number of carbonyl (C=O) groups is 1. The van der Waals surface area contributed by atoms with Gasteiger partial charge in [-0.15, -0.1) is 0 Å². The number of nitrogens with zero attached hydrogens (tertiary/aromatic N) is 2. The number of hydrogen-bond acceptors (Lipinski definition) is 2. The van der Waals surface area contributed by atoms with Crippen molar-refractivity contribution in [3.05, 3.63) is 16.6 Å². The average Bonchev–Trinajstić information content (AvgIpc) is 2.10. The second-order valence-corrected chi connectivity index (χ2v) is 2.67. The smallest absolute Gasteiger partial charge is 0.284 e. The van der Waals surface area contributed by atoms with Crippen LogP contribution < -0.4 is 5.73 Å². The first-order valence-electron chi connectivity index (χ1n) is 2.60. The van der Waals surface area contributed by atoms with Gasteiger partial charge >= 0.3 is 0 Å². The number of halogens is 1. The van der Waals surface area contributed by atoms with Crippen LogP contribution in [0.4, 0.5) is 0 Å². The molecule has 0 aromatic carbocycles. The standard InChI is InChI=1S/C5H6BrN3O/c1-9-2-3(6)8-5(9)4(7)10/h2H,1H3,(H2,7,10). The van der Waals surface area contributed by atoms with Gasteiger partial charge in [-0.25, -0.2) is 4.98 Å². The Balaban J connectivity index is 3.15. The minimum atomic E-state index is -0.520. The molecule has 1 rings (SSSR count). The summed E-state index contributed by atoms with van der Waals surface area (Å²) in [6, 6.07) is 0. The molecule has 0 radical (unpaired) electrons. The molecule has 1 amide bonds. The van der Waals surface area contributed by atoms with Gasteiger partial charge < -0.3 is 10.3 Å². The summed E-state index contributed by atoms with van der Waals surface area (Å²) in [7, 11) is 1.71. The lowest BCUT2D eigenvalue weighted by Gasteiger charge is -1.91. The van der Waals surface area contributed by atoms with E-state index in [1.165, 1.54) is 0 Å². The van der Waals surface area contributed by atoms with Crippen molar-refractivity contribution in [2.45, 2.75) is 0 Å². The molecule has 10 heavy (non-hydrogen) atoms. The predicted molar refractivity (Wildman–Crippen MR) is 39.4 cm³/mol. The summed E-state index contributed by atoms with van der Waals surface area (Å²) in [5.41, 5.74) is 4.98. The van der Waals surface area contributed by atoms with E-state index in [4.69, 9.17) is 5.73 Å². The van der Waals surface area contributed by atoms with Crippen LogP contribution in [0.1, 0.15) is 10.6 Å². The molecule has 4 nitrogen and oxygen atoms in total. The Bertz CT molecular complexity index is 268. The molecule has 0 bridgehead atoms. The first-order chi connectivity index (χ1) is 4.61. The highest BCUT2D eigenvalue weighted by Crippen LogP contribution is 2.06. The van der Waals surface area contributed by atoms with Crippen LogP contribution in [-0.4, -0.2) is 15.5 Å². The maximum atomic E-state index is 10.6. The minimum absolute atomic E-state index is 0.256. The average molecular weight is 204 g/mol. The molecular formula is C5H6BrN3O. The molecule has 0 atom stereocenters. The van der Waals surface area contributed by atoms with Crippen LogP contribution in [0.5, 0.6) is 0 Å². The zero-order chi connectivity index (χ0) is 7.72. The first kappa shape index (κ1) is 7.27. The molecule has 54 valence electrons. The summed E-state index contributed by atoms with van der Waals surface area (Å²) in [6.07, 6.45) is 1.67. The summed E-state index contributed by atoms with van der Waals surface area (Å²) in [5, 5.41) is 0. The Hall–Kier alpha value is -0.840. The van der Waals surface area contributed by atoms with Gasteiger partial charge in [0, 0.05) is 13.2 Å². The molecule has 1 heterocycles. The maximum Gasteiger partial charge on any atom is 0.284 e. The first-order valence-corrected chi connectivity index (χ1v) is 3.39. The summed E-state index contributed by atoms with van der Waals surface area (Å²) in [6.45, 7) is 0. The van der Waals surface area contributed by atoms with Crippen LogP contribution >= 0.6 is 15.9 Å². The van der Waals surface area contributed by atoms with Gasteiger partial charge in [0.2, 0.25) is 0 Å². The van der Waals surface area contributed by atoms with Crippen molar-refractivity contribution in [2.24, 2.45) is 12.8 Å². The van der Waals surface area contributed by atoms with E-state index >= 15 is 0 Å². The summed E-state index contributed by atoms with van der Waals surface area (Å²) in [5.74, 6) is -0.264. The topological polar surface area (TPSA) is 60.9 Å².